The number of pyridine rings is 1. The van der Waals surface area contributed by atoms with E-state index in [1.165, 1.54) is 18.3 Å². The lowest BCUT2D eigenvalue weighted by Gasteiger charge is -2.05. The first-order valence-electron chi connectivity index (χ1n) is 5.79. The number of hydrogen-bond acceptors (Lipinski definition) is 5. The molecule has 0 aliphatic rings. The SMILES string of the molecule is Nc1ccc(NC(=O)Cc2cccc([N+](=O)[O-])c2)cn1. The molecule has 1 aromatic heterocycles. The van der Waals surface area contributed by atoms with Gasteiger partial charge in [0.1, 0.15) is 5.82 Å². The number of nitro benzene ring substituents is 1. The maximum atomic E-state index is 11.8. The first-order chi connectivity index (χ1) is 9.54. The average molecular weight is 272 g/mol. The fraction of sp³-hybridized carbons (Fsp3) is 0.0769. The van der Waals surface area contributed by atoms with Crippen LogP contribution in [0.5, 0.6) is 0 Å². The lowest BCUT2D eigenvalue weighted by molar-refractivity contribution is -0.384. The van der Waals surface area contributed by atoms with Crippen molar-refractivity contribution in [3.63, 3.8) is 0 Å². The van der Waals surface area contributed by atoms with Crippen LogP contribution in [0, 0.1) is 10.1 Å². The van der Waals surface area contributed by atoms with Crippen LogP contribution in [0.4, 0.5) is 17.2 Å². The van der Waals surface area contributed by atoms with Gasteiger partial charge < -0.3 is 11.1 Å². The standard InChI is InChI=1S/C13H12N4O3/c14-12-5-4-10(8-15-12)16-13(18)7-9-2-1-3-11(6-9)17(19)20/h1-6,8H,7H2,(H2,14,15)(H,16,18). The van der Waals surface area contributed by atoms with E-state index in [0.717, 1.165) is 0 Å². The highest BCUT2D eigenvalue weighted by Crippen LogP contribution is 2.14. The van der Waals surface area contributed by atoms with Gasteiger partial charge in [0.15, 0.2) is 0 Å². The van der Waals surface area contributed by atoms with Gasteiger partial charge in [0.05, 0.1) is 23.2 Å². The second-order valence-corrected chi connectivity index (χ2v) is 4.12. The minimum atomic E-state index is -0.495. The van der Waals surface area contributed by atoms with Crippen LogP contribution in [-0.2, 0) is 11.2 Å². The Kier molecular flexibility index (Phi) is 3.90. The Morgan fingerprint density at radius 1 is 1.35 bits per heavy atom. The van der Waals surface area contributed by atoms with Gasteiger partial charge in [0.2, 0.25) is 5.91 Å². The summed E-state index contributed by atoms with van der Waals surface area (Å²) in [4.78, 5) is 25.8. The van der Waals surface area contributed by atoms with Gasteiger partial charge in [-0.15, -0.1) is 0 Å². The van der Waals surface area contributed by atoms with E-state index >= 15 is 0 Å². The quantitative estimate of drug-likeness (QED) is 0.650. The molecule has 3 N–H and O–H groups in total. The molecule has 7 nitrogen and oxygen atoms in total. The van der Waals surface area contributed by atoms with Gasteiger partial charge in [-0.3, -0.25) is 14.9 Å². The zero-order chi connectivity index (χ0) is 14.5. The van der Waals surface area contributed by atoms with Crippen molar-refractivity contribution >= 4 is 23.1 Å². The summed E-state index contributed by atoms with van der Waals surface area (Å²) in [5, 5.41) is 13.3. The number of anilines is 2. The number of amides is 1. The fourth-order valence-corrected chi connectivity index (χ4v) is 1.65. The number of nitrogens with zero attached hydrogens (tertiary/aromatic N) is 2. The van der Waals surface area contributed by atoms with Crippen molar-refractivity contribution < 1.29 is 9.72 Å². The van der Waals surface area contributed by atoms with Crippen molar-refractivity contribution in [1.82, 2.24) is 4.98 Å². The Balaban J connectivity index is 2.02. The normalized spacial score (nSPS) is 10.0. The van der Waals surface area contributed by atoms with Crippen molar-refractivity contribution in [2.45, 2.75) is 6.42 Å². The Morgan fingerprint density at radius 3 is 2.80 bits per heavy atom. The van der Waals surface area contributed by atoms with E-state index in [0.29, 0.717) is 17.1 Å². The van der Waals surface area contributed by atoms with Gasteiger partial charge in [-0.05, 0) is 17.7 Å². The number of rotatable bonds is 4. The second-order valence-electron chi connectivity index (χ2n) is 4.12. The molecule has 0 unspecified atom stereocenters. The summed E-state index contributed by atoms with van der Waals surface area (Å²) in [6.07, 6.45) is 1.49. The van der Waals surface area contributed by atoms with Gasteiger partial charge in [-0.1, -0.05) is 12.1 Å². The third-order valence-corrected chi connectivity index (χ3v) is 2.56. The summed E-state index contributed by atoms with van der Waals surface area (Å²) in [7, 11) is 0. The van der Waals surface area contributed by atoms with Gasteiger partial charge in [0.25, 0.3) is 5.69 Å². The molecule has 0 saturated heterocycles. The molecule has 0 radical (unpaired) electrons. The minimum absolute atomic E-state index is 0.0375. The van der Waals surface area contributed by atoms with E-state index in [9.17, 15) is 14.9 Å². The lowest BCUT2D eigenvalue weighted by atomic mass is 10.1. The first-order valence-corrected chi connectivity index (χ1v) is 5.79. The molecule has 0 aliphatic carbocycles. The predicted octanol–water partition coefficient (Wildman–Crippen LogP) is 1.75. The smallest absolute Gasteiger partial charge is 0.269 e. The molecule has 2 rings (SSSR count). The van der Waals surface area contributed by atoms with Crippen LogP contribution in [0.1, 0.15) is 5.56 Å². The van der Waals surface area contributed by atoms with Gasteiger partial charge in [-0.2, -0.15) is 0 Å². The van der Waals surface area contributed by atoms with Crippen molar-refractivity contribution in [3.8, 4) is 0 Å². The molecule has 0 bridgehead atoms. The maximum Gasteiger partial charge on any atom is 0.269 e. The number of carbonyl (C=O) groups excluding carboxylic acids is 1. The highest BCUT2D eigenvalue weighted by atomic mass is 16.6. The Hall–Kier alpha value is -2.96. The number of hydrogen-bond donors (Lipinski definition) is 2. The molecule has 0 fully saturated rings. The molecular formula is C13H12N4O3. The number of nitrogens with two attached hydrogens (primary N) is 1. The van der Waals surface area contributed by atoms with Crippen molar-refractivity contribution in [2.75, 3.05) is 11.1 Å². The molecule has 0 aliphatic heterocycles. The molecule has 1 aromatic carbocycles. The number of nitrogen functional groups attached to an aromatic ring is 1. The first kappa shape index (κ1) is 13.5. The van der Waals surface area contributed by atoms with E-state index in [-0.39, 0.29) is 18.0 Å². The maximum absolute atomic E-state index is 11.8. The summed E-state index contributed by atoms with van der Waals surface area (Å²) in [5.41, 5.74) is 6.49. The summed E-state index contributed by atoms with van der Waals surface area (Å²) in [6, 6.07) is 9.17. The number of non-ortho nitro benzene ring substituents is 1. The highest BCUT2D eigenvalue weighted by molar-refractivity contribution is 5.92. The fourth-order valence-electron chi connectivity index (χ4n) is 1.65. The number of carbonyl (C=O) groups is 1. The largest absolute Gasteiger partial charge is 0.384 e. The van der Waals surface area contributed by atoms with Crippen LogP contribution in [-0.4, -0.2) is 15.8 Å². The number of benzene rings is 1. The second kappa shape index (κ2) is 5.79. The van der Waals surface area contributed by atoms with Crippen LogP contribution in [0.2, 0.25) is 0 Å². The molecular weight excluding hydrogens is 260 g/mol. The van der Waals surface area contributed by atoms with Crippen molar-refractivity contribution in [3.05, 3.63) is 58.3 Å². The van der Waals surface area contributed by atoms with E-state index in [2.05, 4.69) is 10.3 Å². The number of nitrogens with one attached hydrogen (secondary N) is 1. The lowest BCUT2D eigenvalue weighted by Crippen LogP contribution is -2.14. The molecule has 102 valence electrons. The molecule has 0 spiro atoms. The summed E-state index contributed by atoms with van der Waals surface area (Å²) < 4.78 is 0. The third kappa shape index (κ3) is 3.52. The summed E-state index contributed by atoms with van der Waals surface area (Å²) >= 11 is 0. The number of nitro groups is 1. The molecule has 7 heteroatoms. The average Bonchev–Trinajstić information content (AvgIpc) is 2.41. The minimum Gasteiger partial charge on any atom is -0.384 e. The van der Waals surface area contributed by atoms with Crippen LogP contribution in [0.15, 0.2) is 42.6 Å². The monoisotopic (exact) mass is 272 g/mol. The van der Waals surface area contributed by atoms with Crippen LogP contribution in [0.25, 0.3) is 0 Å². The molecule has 0 saturated carbocycles. The summed E-state index contributed by atoms with van der Waals surface area (Å²) in [5.74, 6) is 0.0822. The van der Waals surface area contributed by atoms with E-state index < -0.39 is 4.92 Å². The molecule has 0 atom stereocenters. The van der Waals surface area contributed by atoms with E-state index in [1.807, 2.05) is 0 Å². The van der Waals surface area contributed by atoms with Crippen molar-refractivity contribution in [1.29, 1.82) is 0 Å². The third-order valence-electron chi connectivity index (χ3n) is 2.56. The highest BCUT2D eigenvalue weighted by Gasteiger charge is 2.09. The van der Waals surface area contributed by atoms with Crippen LogP contribution < -0.4 is 11.1 Å². The molecule has 20 heavy (non-hydrogen) atoms. The van der Waals surface area contributed by atoms with Crippen molar-refractivity contribution in [2.24, 2.45) is 0 Å². The van der Waals surface area contributed by atoms with E-state index in [4.69, 9.17) is 5.73 Å². The number of aromatic nitrogens is 1. The molecule has 1 amide bonds. The Morgan fingerprint density at radius 2 is 2.15 bits per heavy atom. The Bertz CT molecular complexity index is 640. The molecule has 2 aromatic rings. The van der Waals surface area contributed by atoms with Crippen LogP contribution >= 0.6 is 0 Å². The Labute approximate surface area is 114 Å². The summed E-state index contributed by atoms with van der Waals surface area (Å²) in [6.45, 7) is 0. The van der Waals surface area contributed by atoms with Gasteiger partial charge >= 0.3 is 0 Å². The van der Waals surface area contributed by atoms with Gasteiger partial charge in [0, 0.05) is 12.1 Å². The zero-order valence-electron chi connectivity index (χ0n) is 10.4. The predicted molar refractivity (Wildman–Crippen MR) is 74.1 cm³/mol. The zero-order valence-corrected chi connectivity index (χ0v) is 10.4. The topological polar surface area (TPSA) is 111 Å². The van der Waals surface area contributed by atoms with Crippen LogP contribution in [0.3, 0.4) is 0 Å². The van der Waals surface area contributed by atoms with E-state index in [1.54, 1.807) is 24.3 Å². The molecule has 1 heterocycles. The van der Waals surface area contributed by atoms with Gasteiger partial charge in [-0.25, -0.2) is 4.98 Å².